The van der Waals surface area contributed by atoms with Crippen molar-refractivity contribution in [3.05, 3.63) is 61.5 Å². The summed E-state index contributed by atoms with van der Waals surface area (Å²) in [6.45, 7) is 4.77. The van der Waals surface area contributed by atoms with Gasteiger partial charge in [0.2, 0.25) is 0 Å². The van der Waals surface area contributed by atoms with E-state index >= 15 is 0 Å². The molecule has 0 saturated heterocycles. The van der Waals surface area contributed by atoms with Gasteiger partial charge in [0.25, 0.3) is 11.5 Å². The van der Waals surface area contributed by atoms with Gasteiger partial charge in [-0.25, -0.2) is 0 Å². The third-order valence-corrected chi connectivity index (χ3v) is 4.56. The van der Waals surface area contributed by atoms with E-state index in [1.54, 1.807) is 39.0 Å². The van der Waals surface area contributed by atoms with E-state index < -0.39 is 24.0 Å². The smallest absolute Gasteiger partial charge is 0.306 e. The third kappa shape index (κ3) is 5.21. The second kappa shape index (κ2) is 9.20. The Kier molecular flexibility index (Phi) is 6.96. The number of aromatic nitrogens is 1. The molecule has 2 N–H and O–H groups in total. The standard InChI is InChI=1S/C20H20ClN3O4/c1-11-8-14(21)4-6-17(11)24-18(25)10-28-19(26)7-5-15-12(2)16(9-22)20(27)23-13(15)3/h4,6,8H,5,7,10H2,1-3H3,(H,23,27)(H,24,25). The highest BCUT2D eigenvalue weighted by Crippen LogP contribution is 2.19. The van der Waals surface area contributed by atoms with Crippen LogP contribution in [0.4, 0.5) is 5.69 Å². The van der Waals surface area contributed by atoms with Gasteiger partial charge in [-0.15, -0.1) is 0 Å². The number of nitrogens with one attached hydrogen (secondary N) is 2. The molecule has 0 saturated carbocycles. The highest BCUT2D eigenvalue weighted by molar-refractivity contribution is 6.30. The van der Waals surface area contributed by atoms with Crippen LogP contribution in [0.1, 0.15) is 34.4 Å². The molecule has 28 heavy (non-hydrogen) atoms. The number of H-pyrrole nitrogens is 1. The SMILES string of the molecule is Cc1cc(Cl)ccc1NC(=O)COC(=O)CCc1c(C)[nH]c(=O)c(C#N)c1C. The number of hydrogen-bond acceptors (Lipinski definition) is 5. The highest BCUT2D eigenvalue weighted by atomic mass is 35.5. The Balaban J connectivity index is 1.91. The number of aromatic amines is 1. The molecule has 1 heterocycles. The molecule has 0 unspecified atom stereocenters. The van der Waals surface area contributed by atoms with Crippen molar-refractivity contribution in [3.63, 3.8) is 0 Å². The zero-order chi connectivity index (χ0) is 20.8. The lowest BCUT2D eigenvalue weighted by molar-refractivity contribution is -0.147. The number of amides is 1. The van der Waals surface area contributed by atoms with Crippen molar-refractivity contribution in [3.8, 4) is 6.07 Å². The zero-order valence-electron chi connectivity index (χ0n) is 15.8. The van der Waals surface area contributed by atoms with Crippen molar-refractivity contribution in [2.24, 2.45) is 0 Å². The Morgan fingerprint density at radius 3 is 2.64 bits per heavy atom. The maximum atomic E-state index is 12.0. The van der Waals surface area contributed by atoms with E-state index in [0.717, 1.165) is 5.56 Å². The number of carbonyl (C=O) groups excluding carboxylic acids is 2. The summed E-state index contributed by atoms with van der Waals surface area (Å²) in [6.07, 6.45) is 0.311. The van der Waals surface area contributed by atoms with Crippen LogP contribution in [-0.2, 0) is 20.7 Å². The molecule has 0 aliphatic carbocycles. The van der Waals surface area contributed by atoms with Crippen molar-refractivity contribution < 1.29 is 14.3 Å². The van der Waals surface area contributed by atoms with Crippen LogP contribution in [0.25, 0.3) is 0 Å². The first-order valence-corrected chi connectivity index (χ1v) is 8.94. The Labute approximate surface area is 167 Å². The molecule has 1 amide bonds. The van der Waals surface area contributed by atoms with Crippen molar-refractivity contribution >= 4 is 29.2 Å². The number of anilines is 1. The van der Waals surface area contributed by atoms with Crippen molar-refractivity contribution in [2.75, 3.05) is 11.9 Å². The second-order valence-corrected chi connectivity index (χ2v) is 6.77. The molecule has 7 nitrogen and oxygen atoms in total. The van der Waals surface area contributed by atoms with Gasteiger partial charge in [-0.1, -0.05) is 11.6 Å². The number of nitrogens with zero attached hydrogens (tertiary/aromatic N) is 1. The number of rotatable bonds is 6. The average Bonchev–Trinajstić information content (AvgIpc) is 2.62. The largest absolute Gasteiger partial charge is 0.456 e. The van der Waals surface area contributed by atoms with Gasteiger partial charge in [-0.2, -0.15) is 5.26 Å². The fraction of sp³-hybridized carbons (Fsp3) is 0.300. The van der Waals surface area contributed by atoms with E-state index in [1.165, 1.54) is 0 Å². The molecule has 2 aromatic rings. The fourth-order valence-corrected chi connectivity index (χ4v) is 3.05. The lowest BCUT2D eigenvalue weighted by atomic mass is 9.99. The monoisotopic (exact) mass is 401 g/mol. The van der Waals surface area contributed by atoms with Crippen LogP contribution in [0.15, 0.2) is 23.0 Å². The molecule has 1 aromatic heterocycles. The molecule has 0 radical (unpaired) electrons. The minimum Gasteiger partial charge on any atom is -0.456 e. The van der Waals surface area contributed by atoms with Gasteiger partial charge in [-0.05, 0) is 62.1 Å². The molecular weight excluding hydrogens is 382 g/mol. The number of ether oxygens (including phenoxy) is 1. The van der Waals surface area contributed by atoms with E-state index in [2.05, 4.69) is 10.3 Å². The lowest BCUT2D eigenvalue weighted by Gasteiger charge is -2.11. The van der Waals surface area contributed by atoms with Crippen LogP contribution in [-0.4, -0.2) is 23.5 Å². The van der Waals surface area contributed by atoms with Crippen molar-refractivity contribution in [1.82, 2.24) is 4.98 Å². The molecule has 0 bridgehead atoms. The molecule has 8 heteroatoms. The highest BCUT2D eigenvalue weighted by Gasteiger charge is 2.15. The molecule has 1 aromatic carbocycles. The molecule has 0 fully saturated rings. The number of benzene rings is 1. The van der Waals surface area contributed by atoms with E-state index in [9.17, 15) is 14.4 Å². The first kappa shape index (κ1) is 21.2. The number of esters is 1. The fourth-order valence-electron chi connectivity index (χ4n) is 2.82. The molecular formula is C20H20ClN3O4. The van der Waals surface area contributed by atoms with Gasteiger partial charge in [0, 0.05) is 22.8 Å². The van der Waals surface area contributed by atoms with Crippen molar-refractivity contribution in [2.45, 2.75) is 33.6 Å². The topological polar surface area (TPSA) is 112 Å². The van der Waals surface area contributed by atoms with Crippen LogP contribution in [0.2, 0.25) is 5.02 Å². The Hall–Kier alpha value is -3.11. The Bertz CT molecular complexity index is 1020. The van der Waals surface area contributed by atoms with Crippen molar-refractivity contribution in [1.29, 1.82) is 5.26 Å². The van der Waals surface area contributed by atoms with E-state index in [1.807, 2.05) is 6.07 Å². The normalized spacial score (nSPS) is 10.2. The Morgan fingerprint density at radius 1 is 1.29 bits per heavy atom. The second-order valence-electron chi connectivity index (χ2n) is 6.34. The first-order chi connectivity index (χ1) is 13.2. The molecule has 0 atom stereocenters. The van der Waals surface area contributed by atoms with E-state index in [4.69, 9.17) is 21.6 Å². The molecule has 0 aliphatic heterocycles. The maximum absolute atomic E-state index is 12.0. The van der Waals surface area contributed by atoms with E-state index in [0.29, 0.717) is 34.0 Å². The van der Waals surface area contributed by atoms with Gasteiger partial charge in [0.15, 0.2) is 6.61 Å². The summed E-state index contributed by atoms with van der Waals surface area (Å²) in [4.78, 5) is 38.3. The number of halogens is 1. The maximum Gasteiger partial charge on any atom is 0.306 e. The van der Waals surface area contributed by atoms with Gasteiger partial charge in [0.05, 0.1) is 0 Å². The summed E-state index contributed by atoms with van der Waals surface area (Å²) in [7, 11) is 0. The van der Waals surface area contributed by atoms with Crippen LogP contribution >= 0.6 is 11.6 Å². The molecule has 2 rings (SSSR count). The van der Waals surface area contributed by atoms with Crippen LogP contribution in [0, 0.1) is 32.1 Å². The first-order valence-electron chi connectivity index (χ1n) is 8.57. The minimum absolute atomic E-state index is 0.0197. The lowest BCUT2D eigenvalue weighted by Crippen LogP contribution is -2.22. The number of nitriles is 1. The summed E-state index contributed by atoms with van der Waals surface area (Å²) < 4.78 is 5.01. The Morgan fingerprint density at radius 2 is 2.00 bits per heavy atom. The predicted molar refractivity (Wildman–Crippen MR) is 105 cm³/mol. The van der Waals surface area contributed by atoms with Gasteiger partial charge in [0.1, 0.15) is 11.6 Å². The number of carbonyl (C=O) groups is 2. The molecule has 146 valence electrons. The van der Waals surface area contributed by atoms with Crippen LogP contribution in [0.3, 0.4) is 0 Å². The molecule has 0 spiro atoms. The predicted octanol–water partition coefficient (Wildman–Crippen LogP) is 2.94. The summed E-state index contributed by atoms with van der Waals surface area (Å²) in [6, 6.07) is 6.91. The molecule has 0 aliphatic rings. The van der Waals surface area contributed by atoms with E-state index in [-0.39, 0.29) is 12.0 Å². The van der Waals surface area contributed by atoms with Crippen LogP contribution < -0.4 is 10.9 Å². The summed E-state index contributed by atoms with van der Waals surface area (Å²) in [5.41, 5.74) is 2.84. The van der Waals surface area contributed by atoms with Gasteiger partial charge >= 0.3 is 5.97 Å². The number of hydrogen-bond donors (Lipinski definition) is 2. The average molecular weight is 402 g/mol. The zero-order valence-corrected chi connectivity index (χ0v) is 16.6. The third-order valence-electron chi connectivity index (χ3n) is 4.33. The summed E-state index contributed by atoms with van der Waals surface area (Å²) in [5, 5.41) is 12.3. The van der Waals surface area contributed by atoms with Gasteiger partial charge < -0.3 is 15.0 Å². The van der Waals surface area contributed by atoms with Crippen LogP contribution in [0.5, 0.6) is 0 Å². The summed E-state index contributed by atoms with van der Waals surface area (Å²) in [5.74, 6) is -1.01. The minimum atomic E-state index is -0.550. The number of aryl methyl sites for hydroxylation is 2. The quantitative estimate of drug-likeness (QED) is 0.722. The summed E-state index contributed by atoms with van der Waals surface area (Å²) >= 11 is 5.87. The number of pyridine rings is 1. The van der Waals surface area contributed by atoms with Gasteiger partial charge in [-0.3, -0.25) is 14.4 Å².